The van der Waals surface area contributed by atoms with Crippen molar-refractivity contribution in [3.05, 3.63) is 0 Å². The van der Waals surface area contributed by atoms with E-state index in [-0.39, 0.29) is 11.7 Å². The maximum atomic E-state index is 11.6. The van der Waals surface area contributed by atoms with E-state index in [1.54, 1.807) is 0 Å². The highest BCUT2D eigenvalue weighted by atomic mass is 16.7. The second kappa shape index (κ2) is 5.48. The van der Waals surface area contributed by atoms with E-state index in [1.807, 2.05) is 0 Å². The molecule has 9 nitrogen and oxygen atoms in total. The first-order valence-electron chi connectivity index (χ1n) is 5.16. The van der Waals surface area contributed by atoms with Crippen LogP contribution in [-0.4, -0.2) is 70.8 Å². The van der Waals surface area contributed by atoms with Gasteiger partial charge in [0.05, 0.1) is 20.3 Å². The molecule has 0 spiro atoms. The molecular weight excluding hydrogens is 250 g/mol. The summed E-state index contributed by atoms with van der Waals surface area (Å²) in [6.07, 6.45) is -4.62. The molecule has 18 heavy (non-hydrogen) atoms. The number of esters is 1. The lowest BCUT2D eigenvalue weighted by atomic mass is 10.1. The molecule has 1 rings (SSSR count). The highest BCUT2D eigenvalue weighted by Crippen LogP contribution is 2.31. The molecule has 3 atom stereocenters. The number of aliphatic hydroxyl groups is 2. The van der Waals surface area contributed by atoms with E-state index in [9.17, 15) is 25.0 Å². The number of rotatable bonds is 3. The van der Waals surface area contributed by atoms with Gasteiger partial charge in [-0.1, -0.05) is 0 Å². The summed E-state index contributed by atoms with van der Waals surface area (Å²) in [7, 11) is 0.976. The van der Waals surface area contributed by atoms with Crippen LogP contribution in [0.3, 0.4) is 0 Å². The molecule has 0 unspecified atom stereocenters. The Morgan fingerprint density at radius 2 is 2.11 bits per heavy atom. The van der Waals surface area contributed by atoms with E-state index in [0.29, 0.717) is 0 Å². The van der Waals surface area contributed by atoms with Crippen LogP contribution in [0.5, 0.6) is 0 Å². The zero-order chi connectivity index (χ0) is 13.9. The van der Waals surface area contributed by atoms with Gasteiger partial charge in [0.1, 0.15) is 12.2 Å². The van der Waals surface area contributed by atoms with Crippen LogP contribution >= 0.6 is 0 Å². The zero-order valence-electron chi connectivity index (χ0n) is 9.90. The smallest absolute Gasteiger partial charge is 0.437 e. The van der Waals surface area contributed by atoms with Crippen molar-refractivity contribution in [2.45, 2.75) is 24.9 Å². The van der Waals surface area contributed by atoms with Crippen LogP contribution in [0.1, 0.15) is 6.92 Å². The molecule has 0 aliphatic carbocycles. The topological polar surface area (TPSA) is 126 Å². The van der Waals surface area contributed by atoms with Gasteiger partial charge in [-0.3, -0.25) is 5.21 Å². The fourth-order valence-corrected chi connectivity index (χ4v) is 1.57. The van der Waals surface area contributed by atoms with Crippen LogP contribution in [-0.2, 0) is 19.0 Å². The molecule has 0 aromatic carbocycles. The SMILES string of the molecule is CCOC(=O)N(O)[C@]1(C(=O)OC)OC[C@@H](O)[C@H]1O. The molecule has 1 heterocycles. The molecule has 1 aliphatic heterocycles. The molecule has 0 bridgehead atoms. The summed E-state index contributed by atoms with van der Waals surface area (Å²) in [5.74, 6) is -1.23. The van der Waals surface area contributed by atoms with Gasteiger partial charge in [0.15, 0.2) is 0 Å². The molecule has 0 radical (unpaired) electrons. The van der Waals surface area contributed by atoms with Crippen molar-refractivity contribution in [1.29, 1.82) is 0 Å². The van der Waals surface area contributed by atoms with Gasteiger partial charge in [-0.25, -0.2) is 9.59 Å². The predicted molar refractivity (Wildman–Crippen MR) is 53.4 cm³/mol. The number of carbonyl (C=O) groups excluding carboxylic acids is 2. The monoisotopic (exact) mass is 265 g/mol. The molecule has 1 saturated heterocycles. The van der Waals surface area contributed by atoms with Gasteiger partial charge in [0, 0.05) is 0 Å². The Morgan fingerprint density at radius 3 is 2.50 bits per heavy atom. The van der Waals surface area contributed by atoms with Crippen molar-refractivity contribution >= 4 is 12.1 Å². The van der Waals surface area contributed by atoms with Crippen molar-refractivity contribution in [3.8, 4) is 0 Å². The van der Waals surface area contributed by atoms with Crippen molar-refractivity contribution in [2.75, 3.05) is 20.3 Å². The van der Waals surface area contributed by atoms with Gasteiger partial charge in [0.2, 0.25) is 0 Å². The van der Waals surface area contributed by atoms with Gasteiger partial charge in [-0.15, -0.1) is 5.06 Å². The standard InChI is InChI=1S/C9H15NO8/c1-3-17-8(14)10(15)9(7(13)16-2)6(12)5(11)4-18-9/h5-6,11-12,15H,3-4H2,1-2H3/t5-,6-,9+/m1/s1. The van der Waals surface area contributed by atoms with E-state index < -0.39 is 36.6 Å². The molecule has 0 saturated carbocycles. The minimum Gasteiger partial charge on any atom is -0.465 e. The van der Waals surface area contributed by atoms with Crippen molar-refractivity contribution < 1.29 is 39.2 Å². The van der Waals surface area contributed by atoms with Crippen LogP contribution in [0.15, 0.2) is 0 Å². The highest BCUT2D eigenvalue weighted by Gasteiger charge is 2.62. The van der Waals surface area contributed by atoms with Crippen LogP contribution in [0, 0.1) is 0 Å². The molecule has 3 N–H and O–H groups in total. The summed E-state index contributed by atoms with van der Waals surface area (Å²) < 4.78 is 13.7. The van der Waals surface area contributed by atoms with E-state index >= 15 is 0 Å². The van der Waals surface area contributed by atoms with Crippen LogP contribution in [0.2, 0.25) is 0 Å². The second-order valence-corrected chi connectivity index (χ2v) is 3.52. The van der Waals surface area contributed by atoms with E-state index in [4.69, 9.17) is 4.74 Å². The summed E-state index contributed by atoms with van der Waals surface area (Å²) in [5.41, 5.74) is -2.53. The molecule has 9 heteroatoms. The molecule has 0 aromatic heterocycles. The molecule has 0 aromatic rings. The van der Waals surface area contributed by atoms with Gasteiger partial charge in [-0.05, 0) is 6.92 Å². The number of ether oxygens (including phenoxy) is 3. The lowest BCUT2D eigenvalue weighted by Crippen LogP contribution is -2.63. The summed E-state index contributed by atoms with van der Waals surface area (Å²) >= 11 is 0. The number of carbonyl (C=O) groups is 2. The molecule has 1 aliphatic rings. The largest absolute Gasteiger partial charge is 0.465 e. The lowest BCUT2D eigenvalue weighted by molar-refractivity contribution is -0.267. The summed E-state index contributed by atoms with van der Waals surface area (Å²) in [6, 6.07) is 0. The third-order valence-electron chi connectivity index (χ3n) is 2.47. The first-order chi connectivity index (χ1) is 8.41. The lowest BCUT2D eigenvalue weighted by Gasteiger charge is -2.33. The molecule has 104 valence electrons. The predicted octanol–water partition coefficient (Wildman–Crippen LogP) is -1.54. The van der Waals surface area contributed by atoms with Crippen LogP contribution in [0.4, 0.5) is 4.79 Å². The maximum absolute atomic E-state index is 11.6. The Kier molecular flexibility index (Phi) is 4.46. The van der Waals surface area contributed by atoms with Gasteiger partial charge in [-0.2, -0.15) is 0 Å². The Hall–Kier alpha value is -1.42. The summed E-state index contributed by atoms with van der Waals surface area (Å²) in [5, 5.41) is 28.5. The number of nitrogens with zero attached hydrogens (tertiary/aromatic N) is 1. The number of hydrogen-bond donors (Lipinski definition) is 3. The van der Waals surface area contributed by atoms with Crippen LogP contribution < -0.4 is 0 Å². The molecule has 1 fully saturated rings. The fourth-order valence-electron chi connectivity index (χ4n) is 1.57. The van der Waals surface area contributed by atoms with E-state index in [1.165, 1.54) is 6.92 Å². The Balaban J connectivity index is 3.06. The quantitative estimate of drug-likeness (QED) is 0.318. The minimum atomic E-state index is -2.53. The maximum Gasteiger partial charge on any atom is 0.437 e. The third-order valence-corrected chi connectivity index (χ3v) is 2.47. The van der Waals surface area contributed by atoms with Crippen molar-refractivity contribution in [2.24, 2.45) is 0 Å². The fraction of sp³-hybridized carbons (Fsp3) is 0.778. The van der Waals surface area contributed by atoms with Crippen molar-refractivity contribution in [1.82, 2.24) is 5.06 Å². The average molecular weight is 265 g/mol. The summed E-state index contributed by atoms with van der Waals surface area (Å²) in [4.78, 5) is 23.0. The number of amides is 1. The number of hydroxylamine groups is 2. The normalized spacial score (nSPS) is 30.9. The number of hydrogen-bond acceptors (Lipinski definition) is 8. The number of aliphatic hydroxyl groups excluding tert-OH is 2. The van der Waals surface area contributed by atoms with E-state index in [0.717, 1.165) is 7.11 Å². The third kappa shape index (κ3) is 2.12. The van der Waals surface area contributed by atoms with Crippen LogP contribution in [0.25, 0.3) is 0 Å². The Labute approximate surface area is 102 Å². The number of methoxy groups -OCH3 is 1. The first kappa shape index (κ1) is 14.6. The zero-order valence-corrected chi connectivity index (χ0v) is 9.90. The average Bonchev–Trinajstić information content (AvgIpc) is 2.66. The van der Waals surface area contributed by atoms with E-state index in [2.05, 4.69) is 9.47 Å². The Bertz CT molecular complexity index is 335. The van der Waals surface area contributed by atoms with Gasteiger partial charge < -0.3 is 24.4 Å². The summed E-state index contributed by atoms with van der Waals surface area (Å²) in [6.45, 7) is 0.968. The molecule has 1 amide bonds. The first-order valence-corrected chi connectivity index (χ1v) is 5.16. The highest BCUT2D eigenvalue weighted by molar-refractivity contribution is 5.84. The van der Waals surface area contributed by atoms with Gasteiger partial charge >= 0.3 is 12.1 Å². The Morgan fingerprint density at radius 1 is 1.50 bits per heavy atom. The molecular formula is C9H15NO8. The van der Waals surface area contributed by atoms with Crippen molar-refractivity contribution in [3.63, 3.8) is 0 Å². The second-order valence-electron chi connectivity index (χ2n) is 3.52. The van der Waals surface area contributed by atoms with Gasteiger partial charge in [0.25, 0.3) is 5.72 Å². The minimum absolute atomic E-state index is 0.0637.